The molecule has 1 aromatic rings. The molecule has 0 aromatic heterocycles. The van der Waals surface area contributed by atoms with E-state index in [9.17, 15) is 13.2 Å². The summed E-state index contributed by atoms with van der Waals surface area (Å²) in [6.07, 6.45) is -1.37. The average molecular weight is 289 g/mol. The number of rotatable bonds is 5. The summed E-state index contributed by atoms with van der Waals surface area (Å²) >= 11 is 0. The Kier molecular flexibility index (Phi) is 4.88. The van der Waals surface area contributed by atoms with E-state index in [0.29, 0.717) is 5.75 Å². The fourth-order valence-corrected chi connectivity index (χ4v) is 2.48. The normalized spacial score (nSPS) is 18.7. The Morgan fingerprint density at radius 3 is 2.80 bits per heavy atom. The molecule has 0 saturated heterocycles. The minimum absolute atomic E-state index is 0.123. The van der Waals surface area contributed by atoms with Crippen molar-refractivity contribution < 1.29 is 22.6 Å². The van der Waals surface area contributed by atoms with Crippen LogP contribution < -0.4 is 10.1 Å². The smallest absolute Gasteiger partial charge is 0.491 e. The summed E-state index contributed by atoms with van der Waals surface area (Å²) in [4.78, 5) is 0. The molecule has 1 N–H and O–H groups in total. The van der Waals surface area contributed by atoms with Crippen LogP contribution in [0, 0.1) is 0 Å². The van der Waals surface area contributed by atoms with Crippen molar-refractivity contribution in [1.82, 2.24) is 5.32 Å². The third-order valence-corrected chi connectivity index (χ3v) is 3.40. The zero-order chi connectivity index (χ0) is 14.6. The molecule has 0 heterocycles. The van der Waals surface area contributed by atoms with Gasteiger partial charge in [-0.2, -0.15) is 0 Å². The van der Waals surface area contributed by atoms with Gasteiger partial charge in [-0.05, 0) is 49.6 Å². The summed E-state index contributed by atoms with van der Waals surface area (Å²) in [5.74, 6) is 0.580. The highest BCUT2D eigenvalue weighted by molar-refractivity contribution is 5.39. The van der Waals surface area contributed by atoms with E-state index in [1.54, 1.807) is 6.07 Å². The summed E-state index contributed by atoms with van der Waals surface area (Å²) < 4.78 is 44.4. The van der Waals surface area contributed by atoms with E-state index in [-0.39, 0.29) is 12.6 Å². The molecule has 1 atom stereocenters. The maximum absolute atomic E-state index is 11.8. The van der Waals surface area contributed by atoms with Crippen LogP contribution in [0.25, 0.3) is 0 Å². The maximum Gasteiger partial charge on any atom is 0.522 e. The molecule has 0 fully saturated rings. The average Bonchev–Trinajstić information content (AvgIpc) is 2.41. The van der Waals surface area contributed by atoms with Crippen LogP contribution in [0.3, 0.4) is 0 Å². The van der Waals surface area contributed by atoms with Crippen LogP contribution in [-0.4, -0.2) is 26.6 Å². The van der Waals surface area contributed by atoms with Gasteiger partial charge in [-0.3, -0.25) is 4.74 Å². The standard InChI is InChI=1S/C14H18F3NO2/c1-18-13-4-2-3-10-5-6-11(9-12(10)13)19-7-8-20-14(15,16)17/h5-6,9,13,18H,2-4,7-8H2,1H3. The molecule has 0 aliphatic heterocycles. The van der Waals surface area contributed by atoms with E-state index in [2.05, 4.69) is 10.1 Å². The second-order valence-electron chi connectivity index (χ2n) is 4.74. The summed E-state index contributed by atoms with van der Waals surface area (Å²) in [5.41, 5.74) is 2.45. The quantitative estimate of drug-likeness (QED) is 0.844. The topological polar surface area (TPSA) is 30.5 Å². The van der Waals surface area contributed by atoms with Crippen LogP contribution in [0.4, 0.5) is 13.2 Å². The summed E-state index contributed by atoms with van der Waals surface area (Å²) in [7, 11) is 1.91. The lowest BCUT2D eigenvalue weighted by atomic mass is 9.87. The van der Waals surface area contributed by atoms with E-state index in [1.165, 1.54) is 11.1 Å². The zero-order valence-corrected chi connectivity index (χ0v) is 11.3. The van der Waals surface area contributed by atoms with E-state index < -0.39 is 13.0 Å². The molecule has 3 nitrogen and oxygen atoms in total. The number of hydrogen-bond donors (Lipinski definition) is 1. The minimum atomic E-state index is -4.60. The van der Waals surface area contributed by atoms with E-state index in [4.69, 9.17) is 4.74 Å². The van der Waals surface area contributed by atoms with Gasteiger partial charge < -0.3 is 10.1 Å². The predicted octanol–water partition coefficient (Wildman–Crippen LogP) is 3.20. The van der Waals surface area contributed by atoms with Gasteiger partial charge in [0.15, 0.2) is 0 Å². The Balaban J connectivity index is 1.93. The Labute approximate surface area is 116 Å². The zero-order valence-electron chi connectivity index (χ0n) is 11.3. The van der Waals surface area contributed by atoms with Gasteiger partial charge >= 0.3 is 6.36 Å². The number of hydrogen-bond acceptors (Lipinski definition) is 3. The third-order valence-electron chi connectivity index (χ3n) is 3.40. The Morgan fingerprint density at radius 2 is 2.10 bits per heavy atom. The highest BCUT2D eigenvalue weighted by Crippen LogP contribution is 2.32. The SMILES string of the molecule is CNC1CCCc2ccc(OCCOC(F)(F)F)cc21. The molecule has 2 rings (SSSR count). The van der Waals surface area contributed by atoms with Crippen LogP contribution in [0.5, 0.6) is 5.75 Å². The highest BCUT2D eigenvalue weighted by Gasteiger charge is 2.28. The molecule has 0 saturated carbocycles. The molecule has 1 unspecified atom stereocenters. The minimum Gasteiger partial charge on any atom is -0.491 e. The van der Waals surface area contributed by atoms with E-state index in [1.807, 2.05) is 19.2 Å². The van der Waals surface area contributed by atoms with Crippen LogP contribution in [0.15, 0.2) is 18.2 Å². The van der Waals surface area contributed by atoms with Gasteiger partial charge in [0.2, 0.25) is 0 Å². The monoisotopic (exact) mass is 289 g/mol. The van der Waals surface area contributed by atoms with Crippen molar-refractivity contribution in [2.24, 2.45) is 0 Å². The molecule has 20 heavy (non-hydrogen) atoms. The lowest BCUT2D eigenvalue weighted by Crippen LogP contribution is -2.22. The predicted molar refractivity (Wildman–Crippen MR) is 68.7 cm³/mol. The van der Waals surface area contributed by atoms with Crippen molar-refractivity contribution >= 4 is 0 Å². The molecule has 0 spiro atoms. The second kappa shape index (κ2) is 6.45. The van der Waals surface area contributed by atoms with Gasteiger partial charge in [0.25, 0.3) is 0 Å². The third kappa shape index (κ3) is 4.11. The number of benzene rings is 1. The molecular weight excluding hydrogens is 271 g/mol. The Hall–Kier alpha value is -1.27. The fourth-order valence-electron chi connectivity index (χ4n) is 2.48. The number of aryl methyl sites for hydroxylation is 1. The summed E-state index contributed by atoms with van der Waals surface area (Å²) in [6.45, 7) is -0.626. The Morgan fingerprint density at radius 1 is 1.30 bits per heavy atom. The molecule has 1 aliphatic rings. The van der Waals surface area contributed by atoms with Crippen LogP contribution in [0.1, 0.15) is 30.0 Å². The first-order valence-corrected chi connectivity index (χ1v) is 6.63. The van der Waals surface area contributed by atoms with Crippen LogP contribution in [-0.2, 0) is 11.2 Å². The first-order chi connectivity index (χ1) is 9.49. The summed E-state index contributed by atoms with van der Waals surface area (Å²) in [6, 6.07) is 5.97. The van der Waals surface area contributed by atoms with Crippen molar-refractivity contribution in [2.75, 3.05) is 20.3 Å². The van der Waals surface area contributed by atoms with E-state index in [0.717, 1.165) is 19.3 Å². The van der Waals surface area contributed by atoms with Gasteiger partial charge in [-0.15, -0.1) is 13.2 Å². The Bertz CT molecular complexity index is 449. The number of nitrogens with one attached hydrogen (secondary N) is 1. The highest BCUT2D eigenvalue weighted by atomic mass is 19.4. The number of halogens is 3. The molecule has 0 radical (unpaired) electrons. The van der Waals surface area contributed by atoms with Gasteiger partial charge in [-0.1, -0.05) is 6.07 Å². The largest absolute Gasteiger partial charge is 0.522 e. The van der Waals surface area contributed by atoms with E-state index >= 15 is 0 Å². The number of ether oxygens (including phenoxy) is 2. The van der Waals surface area contributed by atoms with Crippen LogP contribution in [0.2, 0.25) is 0 Å². The van der Waals surface area contributed by atoms with Gasteiger partial charge in [-0.25, -0.2) is 0 Å². The van der Waals surface area contributed by atoms with Crippen molar-refractivity contribution in [3.05, 3.63) is 29.3 Å². The molecule has 1 aliphatic carbocycles. The summed E-state index contributed by atoms with van der Waals surface area (Å²) in [5, 5.41) is 3.25. The van der Waals surface area contributed by atoms with Crippen molar-refractivity contribution in [3.8, 4) is 5.75 Å². The van der Waals surface area contributed by atoms with Crippen LogP contribution >= 0.6 is 0 Å². The first kappa shape index (κ1) is 15.1. The molecular formula is C14H18F3NO2. The van der Waals surface area contributed by atoms with Crippen molar-refractivity contribution in [1.29, 1.82) is 0 Å². The fraction of sp³-hybridized carbons (Fsp3) is 0.571. The lowest BCUT2D eigenvalue weighted by molar-refractivity contribution is -0.325. The van der Waals surface area contributed by atoms with Crippen molar-refractivity contribution in [3.63, 3.8) is 0 Å². The number of fused-ring (bicyclic) bond motifs is 1. The molecule has 0 bridgehead atoms. The maximum atomic E-state index is 11.8. The molecule has 0 amide bonds. The second-order valence-corrected chi connectivity index (χ2v) is 4.74. The van der Waals surface area contributed by atoms with Gasteiger partial charge in [0.1, 0.15) is 12.4 Å². The van der Waals surface area contributed by atoms with Gasteiger partial charge in [0, 0.05) is 6.04 Å². The lowest BCUT2D eigenvalue weighted by Gasteiger charge is -2.25. The first-order valence-electron chi connectivity index (χ1n) is 6.63. The molecule has 6 heteroatoms. The molecule has 112 valence electrons. The van der Waals surface area contributed by atoms with Gasteiger partial charge in [0.05, 0.1) is 6.61 Å². The molecule has 1 aromatic carbocycles. The number of alkyl halides is 3. The van der Waals surface area contributed by atoms with Crippen molar-refractivity contribution in [2.45, 2.75) is 31.7 Å².